The lowest BCUT2D eigenvalue weighted by molar-refractivity contribution is -0.138. The molecule has 0 spiro atoms. The van der Waals surface area contributed by atoms with Crippen LogP contribution in [0.4, 0.5) is 29.0 Å². The lowest BCUT2D eigenvalue weighted by atomic mass is 10.6. The molecule has 0 aliphatic rings. The Bertz CT molecular complexity index is 658. The third-order valence-corrected chi connectivity index (χ3v) is 3.05. The lowest BCUT2D eigenvalue weighted by Crippen LogP contribution is -2.20. The van der Waals surface area contributed by atoms with Crippen molar-refractivity contribution in [2.75, 3.05) is 10.6 Å². The number of rotatable bonds is 2. The van der Waals surface area contributed by atoms with Gasteiger partial charge in [-0.1, -0.05) is 34.5 Å². The summed E-state index contributed by atoms with van der Waals surface area (Å²) < 4.78 is 36.9. The van der Waals surface area contributed by atoms with Gasteiger partial charge in [0, 0.05) is 6.07 Å². The van der Waals surface area contributed by atoms with Crippen molar-refractivity contribution < 1.29 is 18.0 Å². The molecule has 2 heterocycles. The smallest absolute Gasteiger partial charge is 0.282 e. The predicted molar refractivity (Wildman–Crippen MR) is 69.6 cm³/mol. The van der Waals surface area contributed by atoms with Gasteiger partial charge in [0.25, 0.3) is 0 Å². The summed E-state index contributed by atoms with van der Waals surface area (Å²) in [4.78, 5) is 18.8. The van der Waals surface area contributed by atoms with Crippen LogP contribution < -0.4 is 10.6 Å². The lowest BCUT2D eigenvalue weighted by Gasteiger charge is -2.04. The number of halogens is 5. The monoisotopic (exact) mass is 358 g/mol. The maximum Gasteiger partial charge on any atom is 0.445 e. The fourth-order valence-corrected chi connectivity index (χ4v) is 2.09. The van der Waals surface area contributed by atoms with E-state index in [9.17, 15) is 18.0 Å². The molecule has 0 saturated carbocycles. The van der Waals surface area contributed by atoms with Gasteiger partial charge in [-0.05, 0) is 0 Å². The van der Waals surface area contributed by atoms with Crippen LogP contribution in [0.1, 0.15) is 5.01 Å². The fourth-order valence-electron chi connectivity index (χ4n) is 1.06. The third kappa shape index (κ3) is 4.37. The Labute approximate surface area is 128 Å². The molecule has 0 radical (unpaired) electrons. The van der Waals surface area contributed by atoms with Crippen LogP contribution >= 0.6 is 34.5 Å². The number of aromatic nitrogens is 4. The van der Waals surface area contributed by atoms with Crippen molar-refractivity contribution in [3.63, 3.8) is 0 Å². The van der Waals surface area contributed by atoms with Crippen molar-refractivity contribution in [2.45, 2.75) is 6.18 Å². The molecule has 0 aliphatic carbocycles. The van der Waals surface area contributed by atoms with E-state index in [-0.39, 0.29) is 32.7 Å². The number of hydrogen-bond donors (Lipinski definition) is 2. The highest BCUT2D eigenvalue weighted by atomic mass is 35.5. The van der Waals surface area contributed by atoms with Crippen molar-refractivity contribution in [1.29, 1.82) is 0 Å². The van der Waals surface area contributed by atoms with E-state index < -0.39 is 17.2 Å². The minimum atomic E-state index is -4.63. The van der Waals surface area contributed by atoms with E-state index in [1.807, 2.05) is 0 Å². The maximum atomic E-state index is 12.3. The van der Waals surface area contributed by atoms with Crippen molar-refractivity contribution >= 4 is 51.6 Å². The Morgan fingerprint density at radius 3 is 2.29 bits per heavy atom. The first kappa shape index (κ1) is 15.7. The topological polar surface area (TPSA) is 92.7 Å². The number of anilines is 2. The van der Waals surface area contributed by atoms with Crippen molar-refractivity contribution in [3.05, 3.63) is 21.4 Å². The normalized spacial score (nSPS) is 11.3. The van der Waals surface area contributed by atoms with Gasteiger partial charge >= 0.3 is 12.2 Å². The third-order valence-electron chi connectivity index (χ3n) is 1.78. The van der Waals surface area contributed by atoms with Gasteiger partial charge < -0.3 is 0 Å². The molecule has 0 fully saturated rings. The summed E-state index contributed by atoms with van der Waals surface area (Å²) >= 11 is 11.4. The van der Waals surface area contributed by atoms with Crippen LogP contribution in [0.5, 0.6) is 0 Å². The van der Waals surface area contributed by atoms with E-state index in [2.05, 4.69) is 30.8 Å². The zero-order valence-corrected chi connectivity index (χ0v) is 11.9. The van der Waals surface area contributed by atoms with E-state index >= 15 is 0 Å². The molecule has 2 aromatic heterocycles. The van der Waals surface area contributed by atoms with Crippen LogP contribution in [-0.4, -0.2) is 26.2 Å². The predicted octanol–water partition coefficient (Wildman–Crippen LogP) is 3.30. The van der Waals surface area contributed by atoms with Crippen LogP contribution in [0, 0.1) is 0 Å². The second-order valence-corrected chi connectivity index (χ2v) is 5.08. The molecule has 13 heteroatoms. The quantitative estimate of drug-likeness (QED) is 0.803. The maximum absolute atomic E-state index is 12.3. The van der Waals surface area contributed by atoms with Gasteiger partial charge in [-0.2, -0.15) is 13.2 Å². The van der Waals surface area contributed by atoms with Gasteiger partial charge in [0.15, 0.2) is 0 Å². The molecule has 2 N–H and O–H groups in total. The summed E-state index contributed by atoms with van der Waals surface area (Å²) in [5, 5.41) is 8.73. The first-order chi connectivity index (χ1) is 9.74. The number of alkyl halides is 3. The van der Waals surface area contributed by atoms with Crippen LogP contribution in [0.2, 0.25) is 10.3 Å². The largest absolute Gasteiger partial charge is 0.445 e. The Kier molecular flexibility index (Phi) is 4.44. The molecule has 0 saturated heterocycles. The van der Waals surface area contributed by atoms with Gasteiger partial charge in [-0.15, -0.1) is 10.2 Å². The Morgan fingerprint density at radius 1 is 1.14 bits per heavy atom. The molecule has 0 unspecified atom stereocenters. The van der Waals surface area contributed by atoms with Crippen molar-refractivity contribution in [3.8, 4) is 0 Å². The van der Waals surface area contributed by atoms with Crippen molar-refractivity contribution in [2.24, 2.45) is 0 Å². The molecule has 21 heavy (non-hydrogen) atoms. The highest BCUT2D eigenvalue weighted by molar-refractivity contribution is 7.15. The molecule has 0 aliphatic heterocycles. The van der Waals surface area contributed by atoms with Crippen LogP contribution in [0.25, 0.3) is 0 Å². The summed E-state index contributed by atoms with van der Waals surface area (Å²) in [6.07, 6.45) is -4.63. The number of carbonyl (C=O) groups is 1. The Morgan fingerprint density at radius 2 is 1.76 bits per heavy atom. The molecule has 0 atom stereocenters. The van der Waals surface area contributed by atoms with Gasteiger partial charge in [-0.25, -0.2) is 14.8 Å². The van der Waals surface area contributed by atoms with Gasteiger partial charge in [0.2, 0.25) is 16.1 Å². The number of amides is 2. The highest BCUT2D eigenvalue weighted by Gasteiger charge is 2.35. The molecule has 112 valence electrons. The molecule has 2 rings (SSSR count). The summed E-state index contributed by atoms with van der Waals surface area (Å²) in [6, 6.07) is 0.324. The second kappa shape index (κ2) is 5.95. The van der Waals surface area contributed by atoms with E-state index in [1.165, 1.54) is 6.07 Å². The number of nitrogens with zero attached hydrogens (tertiary/aromatic N) is 4. The van der Waals surface area contributed by atoms with E-state index in [4.69, 9.17) is 23.2 Å². The number of carbonyl (C=O) groups excluding carboxylic acids is 1. The number of hydrogen-bond acceptors (Lipinski definition) is 6. The van der Waals surface area contributed by atoms with E-state index in [0.29, 0.717) is 0 Å². The van der Waals surface area contributed by atoms with Gasteiger partial charge in [-0.3, -0.25) is 10.6 Å². The number of nitrogens with one attached hydrogen (secondary N) is 2. The van der Waals surface area contributed by atoms with E-state index in [1.54, 1.807) is 0 Å². The minimum absolute atomic E-state index is 0.0134. The van der Waals surface area contributed by atoms with Gasteiger partial charge in [0.05, 0.1) is 0 Å². The average Bonchev–Trinajstić information content (AvgIpc) is 2.75. The second-order valence-electron chi connectivity index (χ2n) is 3.33. The van der Waals surface area contributed by atoms with Crippen LogP contribution in [0.15, 0.2) is 6.07 Å². The Balaban J connectivity index is 2.03. The summed E-state index contributed by atoms with van der Waals surface area (Å²) in [5.74, 6) is -0.217. The average molecular weight is 359 g/mol. The fraction of sp³-hybridized carbons (Fsp3) is 0.125. The molecule has 0 aromatic carbocycles. The van der Waals surface area contributed by atoms with E-state index in [0.717, 1.165) is 0 Å². The molecule has 7 nitrogen and oxygen atoms in total. The SMILES string of the molecule is O=C(Nc1nc(Cl)cc(Cl)n1)Nc1nnc(C(F)(F)F)s1. The van der Waals surface area contributed by atoms with Crippen LogP contribution in [0.3, 0.4) is 0 Å². The summed E-state index contributed by atoms with van der Waals surface area (Å²) in [5.41, 5.74) is 0. The zero-order chi connectivity index (χ0) is 15.6. The van der Waals surface area contributed by atoms with Gasteiger partial charge in [0.1, 0.15) is 10.3 Å². The number of urea groups is 1. The highest BCUT2D eigenvalue weighted by Crippen LogP contribution is 2.32. The first-order valence-corrected chi connectivity index (χ1v) is 6.50. The molecule has 2 amide bonds. The molecule has 2 aromatic rings. The van der Waals surface area contributed by atoms with Crippen LogP contribution in [-0.2, 0) is 6.18 Å². The summed E-state index contributed by atoms with van der Waals surface area (Å²) in [7, 11) is 0. The summed E-state index contributed by atoms with van der Waals surface area (Å²) in [6.45, 7) is 0. The van der Waals surface area contributed by atoms with Crippen molar-refractivity contribution in [1.82, 2.24) is 20.2 Å². The molecular weight excluding hydrogens is 356 g/mol. The Hall–Kier alpha value is -1.72. The first-order valence-electron chi connectivity index (χ1n) is 4.93. The standard InChI is InChI=1S/C8H3Cl2F3N6OS/c9-2-1-3(10)15-5(14-2)16-6(20)17-7-19-18-4(21-7)8(11,12)13/h1H,(H2,14,15,16,17,19,20). The zero-order valence-electron chi connectivity index (χ0n) is 9.57. The minimum Gasteiger partial charge on any atom is -0.282 e. The molecule has 0 bridgehead atoms. The molecular formula is C8H3Cl2F3N6OS.